The molecule has 8 heteroatoms. The lowest BCUT2D eigenvalue weighted by molar-refractivity contribution is 0.627. The standard InChI is InChI=1S/C22H14ClFN6/c23-16-6-10-19(11-7-16)30-22(26-27-28-30)20-14-25-29(18-12-8-17(24)9-13-18)21(20)15-4-2-1-3-5-15/h1-14H. The molecule has 30 heavy (non-hydrogen) atoms. The lowest BCUT2D eigenvalue weighted by Gasteiger charge is -2.10. The third-order valence-corrected chi connectivity index (χ3v) is 4.92. The number of aromatic nitrogens is 6. The maximum Gasteiger partial charge on any atom is 0.190 e. The van der Waals surface area contributed by atoms with E-state index in [-0.39, 0.29) is 5.82 Å². The lowest BCUT2D eigenvalue weighted by atomic mass is 10.1. The van der Waals surface area contributed by atoms with E-state index in [0.29, 0.717) is 10.8 Å². The first kappa shape index (κ1) is 18.2. The molecule has 0 spiro atoms. The second-order valence-electron chi connectivity index (χ2n) is 6.55. The van der Waals surface area contributed by atoms with Crippen LogP contribution < -0.4 is 0 Å². The van der Waals surface area contributed by atoms with Crippen LogP contribution in [0.4, 0.5) is 4.39 Å². The lowest BCUT2D eigenvalue weighted by Crippen LogP contribution is -2.02. The topological polar surface area (TPSA) is 61.4 Å². The molecular weight excluding hydrogens is 403 g/mol. The highest BCUT2D eigenvalue weighted by atomic mass is 35.5. The van der Waals surface area contributed by atoms with Crippen LogP contribution in [0, 0.1) is 5.82 Å². The molecule has 0 amide bonds. The first-order valence-corrected chi connectivity index (χ1v) is 9.52. The predicted octanol–water partition coefficient (Wildman–Crippen LogP) is 4.97. The molecule has 0 bridgehead atoms. The number of hydrogen-bond donors (Lipinski definition) is 0. The molecule has 2 heterocycles. The summed E-state index contributed by atoms with van der Waals surface area (Å²) in [7, 11) is 0. The summed E-state index contributed by atoms with van der Waals surface area (Å²) in [6.07, 6.45) is 1.71. The van der Waals surface area contributed by atoms with E-state index in [2.05, 4.69) is 20.6 Å². The van der Waals surface area contributed by atoms with Gasteiger partial charge >= 0.3 is 0 Å². The fraction of sp³-hybridized carbons (Fsp3) is 0. The van der Waals surface area contributed by atoms with Crippen LogP contribution >= 0.6 is 11.6 Å². The smallest absolute Gasteiger partial charge is 0.190 e. The van der Waals surface area contributed by atoms with Crippen molar-refractivity contribution in [1.29, 1.82) is 0 Å². The van der Waals surface area contributed by atoms with Crippen molar-refractivity contribution >= 4 is 11.6 Å². The van der Waals surface area contributed by atoms with Gasteiger partial charge in [-0.25, -0.2) is 9.07 Å². The van der Waals surface area contributed by atoms with E-state index >= 15 is 0 Å². The predicted molar refractivity (Wildman–Crippen MR) is 112 cm³/mol. The minimum Gasteiger partial charge on any atom is -0.232 e. The molecule has 2 aromatic heterocycles. The van der Waals surface area contributed by atoms with E-state index in [9.17, 15) is 4.39 Å². The van der Waals surface area contributed by atoms with Crippen molar-refractivity contribution in [3.8, 4) is 34.0 Å². The van der Waals surface area contributed by atoms with Gasteiger partial charge in [-0.3, -0.25) is 0 Å². The molecule has 0 saturated carbocycles. The summed E-state index contributed by atoms with van der Waals surface area (Å²) in [6, 6.07) is 23.2. The molecule has 5 rings (SSSR count). The molecule has 0 aliphatic heterocycles. The van der Waals surface area contributed by atoms with Crippen LogP contribution in [0.3, 0.4) is 0 Å². The summed E-state index contributed by atoms with van der Waals surface area (Å²) < 4.78 is 16.8. The number of nitrogens with zero attached hydrogens (tertiary/aromatic N) is 6. The molecular formula is C22H14ClFN6. The summed E-state index contributed by atoms with van der Waals surface area (Å²) in [4.78, 5) is 0. The monoisotopic (exact) mass is 416 g/mol. The molecule has 3 aromatic carbocycles. The van der Waals surface area contributed by atoms with E-state index in [4.69, 9.17) is 11.6 Å². The molecule has 0 radical (unpaired) electrons. The molecule has 0 N–H and O–H groups in total. The zero-order valence-electron chi connectivity index (χ0n) is 15.5. The Morgan fingerprint density at radius 3 is 2.17 bits per heavy atom. The summed E-state index contributed by atoms with van der Waals surface area (Å²) in [6.45, 7) is 0. The highest BCUT2D eigenvalue weighted by molar-refractivity contribution is 6.30. The Balaban J connectivity index is 1.72. The van der Waals surface area contributed by atoms with Crippen LogP contribution in [-0.2, 0) is 0 Å². The Bertz CT molecular complexity index is 1290. The zero-order valence-corrected chi connectivity index (χ0v) is 16.3. The molecule has 0 unspecified atom stereocenters. The van der Waals surface area contributed by atoms with Crippen molar-refractivity contribution in [2.24, 2.45) is 0 Å². The number of rotatable bonds is 4. The summed E-state index contributed by atoms with van der Waals surface area (Å²) in [5.41, 5.74) is 3.97. The fourth-order valence-corrected chi connectivity index (χ4v) is 3.40. The van der Waals surface area contributed by atoms with E-state index < -0.39 is 0 Å². The van der Waals surface area contributed by atoms with Gasteiger partial charge in [-0.2, -0.15) is 9.78 Å². The van der Waals surface area contributed by atoms with E-state index in [0.717, 1.165) is 28.2 Å². The van der Waals surface area contributed by atoms with Crippen molar-refractivity contribution in [3.05, 3.63) is 95.9 Å². The first-order valence-electron chi connectivity index (χ1n) is 9.15. The number of benzene rings is 3. The maximum atomic E-state index is 13.5. The molecule has 0 saturated heterocycles. The average Bonchev–Trinajstić information content (AvgIpc) is 3.42. The second-order valence-corrected chi connectivity index (χ2v) is 6.99. The molecule has 0 fully saturated rings. The van der Waals surface area contributed by atoms with Crippen molar-refractivity contribution in [2.75, 3.05) is 0 Å². The minimum atomic E-state index is -0.306. The van der Waals surface area contributed by atoms with Crippen LogP contribution in [-0.4, -0.2) is 30.0 Å². The van der Waals surface area contributed by atoms with Gasteiger partial charge in [0.25, 0.3) is 0 Å². The molecule has 0 aliphatic rings. The normalized spacial score (nSPS) is 11.0. The van der Waals surface area contributed by atoms with Gasteiger partial charge in [-0.1, -0.05) is 41.9 Å². The zero-order chi connectivity index (χ0) is 20.5. The summed E-state index contributed by atoms with van der Waals surface area (Å²) in [5.74, 6) is 0.226. The Kier molecular flexibility index (Phi) is 4.57. The van der Waals surface area contributed by atoms with Crippen LogP contribution in [0.15, 0.2) is 85.1 Å². The van der Waals surface area contributed by atoms with Crippen molar-refractivity contribution in [2.45, 2.75) is 0 Å². The van der Waals surface area contributed by atoms with Crippen molar-refractivity contribution in [1.82, 2.24) is 30.0 Å². The van der Waals surface area contributed by atoms with Crippen LogP contribution in [0.25, 0.3) is 34.0 Å². The van der Waals surface area contributed by atoms with Gasteiger partial charge in [0, 0.05) is 10.6 Å². The second kappa shape index (κ2) is 7.53. The van der Waals surface area contributed by atoms with E-state index in [1.807, 2.05) is 42.5 Å². The molecule has 5 aromatic rings. The number of hydrogen-bond acceptors (Lipinski definition) is 4. The molecule has 0 aliphatic carbocycles. The number of tetrazole rings is 1. The first-order chi connectivity index (χ1) is 14.7. The van der Waals surface area contributed by atoms with Gasteiger partial charge in [0.15, 0.2) is 5.82 Å². The van der Waals surface area contributed by atoms with Gasteiger partial charge in [0.2, 0.25) is 0 Å². The van der Waals surface area contributed by atoms with Crippen LogP contribution in [0.1, 0.15) is 0 Å². The quantitative estimate of drug-likeness (QED) is 0.415. The third-order valence-electron chi connectivity index (χ3n) is 4.67. The minimum absolute atomic E-state index is 0.306. The molecule has 146 valence electrons. The Hall–Kier alpha value is -3.84. The van der Waals surface area contributed by atoms with Crippen molar-refractivity contribution in [3.63, 3.8) is 0 Å². The summed E-state index contributed by atoms with van der Waals surface area (Å²) in [5, 5.41) is 17.5. The largest absolute Gasteiger partial charge is 0.232 e. The van der Waals surface area contributed by atoms with Crippen LogP contribution in [0.5, 0.6) is 0 Å². The van der Waals surface area contributed by atoms with E-state index in [1.54, 1.807) is 39.8 Å². The Morgan fingerprint density at radius 1 is 0.767 bits per heavy atom. The van der Waals surface area contributed by atoms with Gasteiger partial charge in [0.05, 0.1) is 28.8 Å². The Morgan fingerprint density at radius 2 is 1.43 bits per heavy atom. The summed E-state index contributed by atoms with van der Waals surface area (Å²) >= 11 is 6.02. The average molecular weight is 417 g/mol. The van der Waals surface area contributed by atoms with Gasteiger partial charge in [-0.15, -0.1) is 5.10 Å². The highest BCUT2D eigenvalue weighted by Crippen LogP contribution is 2.33. The molecule has 0 atom stereocenters. The van der Waals surface area contributed by atoms with Crippen molar-refractivity contribution < 1.29 is 4.39 Å². The van der Waals surface area contributed by atoms with E-state index in [1.165, 1.54) is 12.1 Å². The number of halogens is 2. The van der Waals surface area contributed by atoms with Gasteiger partial charge in [0.1, 0.15) is 5.82 Å². The maximum absolute atomic E-state index is 13.5. The van der Waals surface area contributed by atoms with Crippen LogP contribution in [0.2, 0.25) is 5.02 Å². The SMILES string of the molecule is Fc1ccc(-n2ncc(-c3nnnn3-c3ccc(Cl)cc3)c2-c2ccccc2)cc1. The Labute approximate surface area is 176 Å². The highest BCUT2D eigenvalue weighted by Gasteiger charge is 2.21. The van der Waals surface area contributed by atoms with Gasteiger partial charge < -0.3 is 0 Å². The molecule has 6 nitrogen and oxygen atoms in total. The third kappa shape index (κ3) is 3.25. The fourth-order valence-electron chi connectivity index (χ4n) is 3.28. The van der Waals surface area contributed by atoms with Gasteiger partial charge in [-0.05, 0) is 59.0 Å².